The number of ether oxygens (including phenoxy) is 2. The average Bonchev–Trinajstić information content (AvgIpc) is 2.55. The number of aryl methyl sites for hydroxylation is 2. The quantitative estimate of drug-likeness (QED) is 0.713. The van der Waals surface area contributed by atoms with Gasteiger partial charge >= 0.3 is 0 Å². The fourth-order valence-electron chi connectivity index (χ4n) is 1.66. The molecule has 0 aliphatic rings. The van der Waals surface area contributed by atoms with Gasteiger partial charge in [-0.05, 0) is 20.8 Å². The molecule has 1 aromatic rings. The monoisotopic (exact) mass is 274 g/mol. The minimum absolute atomic E-state index is 0.149. The first kappa shape index (κ1) is 15.1. The number of carbonyl (C=O) groups is 1. The number of rotatable bonds is 7. The van der Waals surface area contributed by atoms with Crippen LogP contribution in [0.15, 0.2) is 0 Å². The van der Waals surface area contributed by atoms with E-state index in [0.717, 1.165) is 0 Å². The predicted octanol–water partition coefficient (Wildman–Crippen LogP) is 1.89. The highest BCUT2D eigenvalue weighted by Gasteiger charge is 2.22. The summed E-state index contributed by atoms with van der Waals surface area (Å²) in [7, 11) is 1.76. The summed E-state index contributed by atoms with van der Waals surface area (Å²) in [5.74, 6) is -0.149. The summed E-state index contributed by atoms with van der Waals surface area (Å²) in [6.45, 7) is 6.29. The molecule has 0 spiro atoms. The van der Waals surface area contributed by atoms with Crippen LogP contribution >= 0.6 is 11.6 Å². The van der Waals surface area contributed by atoms with E-state index in [0.29, 0.717) is 29.6 Å². The van der Waals surface area contributed by atoms with Crippen LogP contribution in [0.5, 0.6) is 0 Å². The van der Waals surface area contributed by atoms with Gasteiger partial charge in [0.05, 0.1) is 22.8 Å². The Kier molecular flexibility index (Phi) is 5.78. The number of Topliss-reactive ketones (excluding diaryl/α,β-unsaturated/α-hetero) is 1. The second-order valence-electron chi connectivity index (χ2n) is 3.86. The molecular weight excluding hydrogens is 256 g/mol. The SMILES string of the molecule is CCOC(OCC)C(=O)Cc1c(Cl)c(C)nn1C. The molecule has 0 fully saturated rings. The average molecular weight is 275 g/mol. The molecule has 0 radical (unpaired) electrons. The summed E-state index contributed by atoms with van der Waals surface area (Å²) >= 11 is 6.10. The van der Waals surface area contributed by atoms with Gasteiger partial charge in [-0.2, -0.15) is 5.10 Å². The van der Waals surface area contributed by atoms with E-state index < -0.39 is 6.29 Å². The van der Waals surface area contributed by atoms with Crippen molar-refractivity contribution in [2.45, 2.75) is 33.5 Å². The lowest BCUT2D eigenvalue weighted by Crippen LogP contribution is -2.29. The normalized spacial score (nSPS) is 11.2. The maximum atomic E-state index is 12.1. The van der Waals surface area contributed by atoms with E-state index in [9.17, 15) is 4.79 Å². The molecule has 5 nitrogen and oxygen atoms in total. The topological polar surface area (TPSA) is 53.4 Å². The Hall–Kier alpha value is -0.910. The van der Waals surface area contributed by atoms with Crippen LogP contribution in [0.2, 0.25) is 5.02 Å². The van der Waals surface area contributed by atoms with Gasteiger partial charge in [-0.25, -0.2) is 0 Å². The molecular formula is C12H19ClN2O3. The third-order valence-electron chi connectivity index (χ3n) is 2.50. The fourth-order valence-corrected chi connectivity index (χ4v) is 1.88. The van der Waals surface area contributed by atoms with Crippen LogP contribution in [0.25, 0.3) is 0 Å². The Morgan fingerprint density at radius 2 is 1.94 bits per heavy atom. The first-order chi connectivity index (χ1) is 8.51. The van der Waals surface area contributed by atoms with Gasteiger partial charge in [-0.1, -0.05) is 11.6 Å². The zero-order chi connectivity index (χ0) is 13.7. The van der Waals surface area contributed by atoms with Gasteiger partial charge in [-0.15, -0.1) is 0 Å². The lowest BCUT2D eigenvalue weighted by molar-refractivity contribution is -0.167. The molecule has 0 saturated heterocycles. The highest BCUT2D eigenvalue weighted by molar-refractivity contribution is 6.32. The number of ketones is 1. The molecule has 0 unspecified atom stereocenters. The zero-order valence-electron chi connectivity index (χ0n) is 11.2. The summed E-state index contributed by atoms with van der Waals surface area (Å²) in [6, 6.07) is 0. The maximum Gasteiger partial charge on any atom is 0.218 e. The Morgan fingerprint density at radius 3 is 2.33 bits per heavy atom. The molecule has 0 N–H and O–H groups in total. The van der Waals surface area contributed by atoms with Crippen molar-refractivity contribution in [3.05, 3.63) is 16.4 Å². The number of aromatic nitrogens is 2. The van der Waals surface area contributed by atoms with Crippen LogP contribution in [-0.2, 0) is 27.7 Å². The van der Waals surface area contributed by atoms with Crippen LogP contribution in [-0.4, -0.2) is 35.1 Å². The molecule has 0 amide bonds. The summed E-state index contributed by atoms with van der Waals surface area (Å²) in [5.41, 5.74) is 1.40. The van der Waals surface area contributed by atoms with Gasteiger partial charge in [0.15, 0.2) is 5.78 Å². The summed E-state index contributed by atoms with van der Waals surface area (Å²) < 4.78 is 12.1. The fraction of sp³-hybridized carbons (Fsp3) is 0.667. The van der Waals surface area contributed by atoms with Crippen molar-refractivity contribution in [3.63, 3.8) is 0 Å². The van der Waals surface area contributed by atoms with Crippen LogP contribution in [0.4, 0.5) is 0 Å². The third kappa shape index (κ3) is 3.54. The van der Waals surface area contributed by atoms with Crippen molar-refractivity contribution in [2.75, 3.05) is 13.2 Å². The zero-order valence-corrected chi connectivity index (χ0v) is 12.0. The molecule has 0 atom stereocenters. The van der Waals surface area contributed by atoms with Crippen molar-refractivity contribution in [1.82, 2.24) is 9.78 Å². The second kappa shape index (κ2) is 6.87. The molecule has 0 aromatic carbocycles. The largest absolute Gasteiger partial charge is 0.346 e. The molecule has 102 valence electrons. The summed E-state index contributed by atoms with van der Waals surface area (Å²) in [4.78, 5) is 12.1. The first-order valence-electron chi connectivity index (χ1n) is 5.95. The van der Waals surface area contributed by atoms with E-state index in [1.54, 1.807) is 18.7 Å². The maximum absolute atomic E-state index is 12.1. The highest BCUT2D eigenvalue weighted by atomic mass is 35.5. The number of hydrogen-bond acceptors (Lipinski definition) is 4. The lowest BCUT2D eigenvalue weighted by Gasteiger charge is -2.15. The van der Waals surface area contributed by atoms with Gasteiger partial charge in [0, 0.05) is 20.3 Å². The van der Waals surface area contributed by atoms with Crippen LogP contribution in [0.3, 0.4) is 0 Å². The predicted molar refractivity (Wildman–Crippen MR) is 68.7 cm³/mol. The molecule has 0 saturated carbocycles. The van der Waals surface area contributed by atoms with Crippen molar-refractivity contribution < 1.29 is 14.3 Å². The van der Waals surface area contributed by atoms with E-state index in [1.807, 2.05) is 13.8 Å². The van der Waals surface area contributed by atoms with Crippen molar-refractivity contribution >= 4 is 17.4 Å². The highest BCUT2D eigenvalue weighted by Crippen LogP contribution is 2.20. The summed E-state index contributed by atoms with van der Waals surface area (Å²) in [6.07, 6.45) is -0.674. The summed E-state index contributed by atoms with van der Waals surface area (Å²) in [5, 5.41) is 4.69. The minimum Gasteiger partial charge on any atom is -0.346 e. The molecule has 6 heteroatoms. The molecule has 0 aliphatic carbocycles. The van der Waals surface area contributed by atoms with Gasteiger partial charge in [-0.3, -0.25) is 9.48 Å². The van der Waals surface area contributed by atoms with Gasteiger partial charge < -0.3 is 9.47 Å². The van der Waals surface area contributed by atoms with E-state index in [2.05, 4.69) is 5.10 Å². The smallest absolute Gasteiger partial charge is 0.218 e. The second-order valence-corrected chi connectivity index (χ2v) is 4.23. The Bertz CT molecular complexity index is 412. The molecule has 1 aromatic heterocycles. The molecule has 1 rings (SSSR count). The standard InChI is InChI=1S/C12H19ClN2O3/c1-5-17-12(18-6-2)10(16)7-9-11(13)8(3)14-15(9)4/h12H,5-7H2,1-4H3. The molecule has 0 aliphatic heterocycles. The van der Waals surface area contributed by atoms with Crippen LogP contribution in [0.1, 0.15) is 25.2 Å². The van der Waals surface area contributed by atoms with E-state index in [-0.39, 0.29) is 12.2 Å². The molecule has 0 bridgehead atoms. The van der Waals surface area contributed by atoms with Crippen molar-refractivity contribution in [2.24, 2.45) is 7.05 Å². The number of nitrogens with zero attached hydrogens (tertiary/aromatic N) is 2. The van der Waals surface area contributed by atoms with E-state index >= 15 is 0 Å². The number of hydrogen-bond donors (Lipinski definition) is 0. The number of carbonyl (C=O) groups excluding carboxylic acids is 1. The lowest BCUT2D eigenvalue weighted by atomic mass is 10.2. The number of halogens is 1. The molecule has 1 heterocycles. The minimum atomic E-state index is -0.828. The van der Waals surface area contributed by atoms with Crippen molar-refractivity contribution in [1.29, 1.82) is 0 Å². The van der Waals surface area contributed by atoms with Crippen LogP contribution in [0, 0.1) is 6.92 Å². The first-order valence-corrected chi connectivity index (χ1v) is 6.32. The van der Waals surface area contributed by atoms with E-state index in [4.69, 9.17) is 21.1 Å². The Morgan fingerprint density at radius 1 is 1.39 bits per heavy atom. The third-order valence-corrected chi connectivity index (χ3v) is 2.99. The molecule has 18 heavy (non-hydrogen) atoms. The van der Waals surface area contributed by atoms with Gasteiger partial charge in [0.2, 0.25) is 6.29 Å². The van der Waals surface area contributed by atoms with Gasteiger partial charge in [0.25, 0.3) is 0 Å². The van der Waals surface area contributed by atoms with Gasteiger partial charge in [0.1, 0.15) is 0 Å². The van der Waals surface area contributed by atoms with Crippen molar-refractivity contribution in [3.8, 4) is 0 Å². The Balaban J connectivity index is 2.78. The van der Waals surface area contributed by atoms with Crippen LogP contribution < -0.4 is 0 Å². The Labute approximate surface area is 112 Å². The van der Waals surface area contributed by atoms with E-state index in [1.165, 1.54) is 0 Å².